The number of Topliss-reactive ketones (excluding diaryl/α,β-unsaturated/α-hetero) is 1. The zero-order valence-electron chi connectivity index (χ0n) is 7.62. The van der Waals surface area contributed by atoms with Gasteiger partial charge in [-0.05, 0) is 24.3 Å². The third-order valence-electron chi connectivity index (χ3n) is 1.56. The fourth-order valence-electron chi connectivity index (χ4n) is 0.952. The van der Waals surface area contributed by atoms with E-state index >= 15 is 0 Å². The minimum absolute atomic E-state index is 0.0487. The minimum Gasteiger partial charge on any atom is -0.427 e. The molecule has 1 rings (SSSR count). The zero-order valence-corrected chi connectivity index (χ0v) is 8.38. The molecule has 0 fully saturated rings. The number of ketones is 1. The molecule has 0 radical (unpaired) electrons. The van der Waals surface area contributed by atoms with Crippen LogP contribution in [0.5, 0.6) is 5.75 Å². The Morgan fingerprint density at radius 1 is 1.29 bits per heavy atom. The van der Waals surface area contributed by atoms with Crippen molar-refractivity contribution in [2.75, 3.05) is 5.88 Å². The summed E-state index contributed by atoms with van der Waals surface area (Å²) in [6, 6.07) is 6.26. The number of ether oxygens (including phenoxy) is 1. The highest BCUT2D eigenvalue weighted by atomic mass is 35.5. The molecule has 0 spiro atoms. The molecular formula is C10H9ClO3. The first-order valence-electron chi connectivity index (χ1n) is 4.01. The molecule has 1 aromatic carbocycles. The Morgan fingerprint density at radius 3 is 2.29 bits per heavy atom. The van der Waals surface area contributed by atoms with Crippen molar-refractivity contribution in [3.05, 3.63) is 29.8 Å². The number of carbonyl (C=O) groups excluding carboxylic acids is 2. The lowest BCUT2D eigenvalue weighted by Crippen LogP contribution is -2.03. The number of rotatable bonds is 3. The molecule has 1 aromatic rings. The average Bonchev–Trinajstić information content (AvgIpc) is 2.17. The van der Waals surface area contributed by atoms with Gasteiger partial charge in [0.2, 0.25) is 0 Å². The normalized spacial score (nSPS) is 9.57. The van der Waals surface area contributed by atoms with Crippen LogP contribution in [0.1, 0.15) is 17.3 Å². The van der Waals surface area contributed by atoms with Crippen molar-refractivity contribution in [3.8, 4) is 5.75 Å². The molecule has 3 nitrogen and oxygen atoms in total. The van der Waals surface area contributed by atoms with E-state index in [9.17, 15) is 9.59 Å². The summed E-state index contributed by atoms with van der Waals surface area (Å²) in [6.07, 6.45) is 0. The van der Waals surface area contributed by atoms with Crippen molar-refractivity contribution in [1.29, 1.82) is 0 Å². The van der Waals surface area contributed by atoms with E-state index in [2.05, 4.69) is 0 Å². The number of halogens is 1. The highest BCUT2D eigenvalue weighted by Crippen LogP contribution is 2.12. The van der Waals surface area contributed by atoms with Gasteiger partial charge in [0.05, 0.1) is 5.88 Å². The molecule has 0 aliphatic carbocycles. The Balaban J connectivity index is 2.78. The van der Waals surface area contributed by atoms with Crippen LogP contribution in [0.2, 0.25) is 0 Å². The van der Waals surface area contributed by atoms with Crippen molar-refractivity contribution < 1.29 is 14.3 Å². The Morgan fingerprint density at radius 2 is 1.86 bits per heavy atom. The molecule has 0 saturated heterocycles. The third-order valence-corrected chi connectivity index (χ3v) is 1.80. The molecule has 14 heavy (non-hydrogen) atoms. The van der Waals surface area contributed by atoms with Gasteiger partial charge >= 0.3 is 5.97 Å². The van der Waals surface area contributed by atoms with Gasteiger partial charge in [-0.15, -0.1) is 11.6 Å². The number of alkyl halides is 1. The van der Waals surface area contributed by atoms with E-state index in [1.165, 1.54) is 6.92 Å². The maximum Gasteiger partial charge on any atom is 0.308 e. The Kier molecular flexibility index (Phi) is 3.65. The highest BCUT2D eigenvalue weighted by Gasteiger charge is 2.04. The van der Waals surface area contributed by atoms with Crippen LogP contribution in [-0.2, 0) is 4.79 Å². The molecule has 0 bridgehead atoms. The van der Waals surface area contributed by atoms with Gasteiger partial charge < -0.3 is 4.74 Å². The summed E-state index contributed by atoms with van der Waals surface area (Å²) >= 11 is 5.38. The van der Waals surface area contributed by atoms with E-state index in [1.54, 1.807) is 24.3 Å². The second-order valence-corrected chi connectivity index (χ2v) is 2.94. The second kappa shape index (κ2) is 4.77. The first-order chi connectivity index (χ1) is 6.63. The maximum absolute atomic E-state index is 11.1. The van der Waals surface area contributed by atoms with Gasteiger partial charge in [0.15, 0.2) is 5.78 Å². The minimum atomic E-state index is -0.388. The fourth-order valence-corrected chi connectivity index (χ4v) is 1.11. The standard InChI is InChI=1S/C10H9ClO3/c1-7(12)14-9-4-2-8(3-5-9)10(13)6-11/h2-5H,6H2,1H3. The van der Waals surface area contributed by atoms with Gasteiger partial charge in [-0.1, -0.05) is 0 Å². The van der Waals surface area contributed by atoms with Gasteiger partial charge in [-0.2, -0.15) is 0 Å². The first-order valence-corrected chi connectivity index (χ1v) is 4.54. The van der Waals surface area contributed by atoms with Crippen LogP contribution in [0.3, 0.4) is 0 Å². The molecule has 0 aromatic heterocycles. The molecule has 0 unspecified atom stereocenters. The predicted octanol–water partition coefficient (Wildman–Crippen LogP) is 2.03. The Labute approximate surface area is 86.6 Å². The smallest absolute Gasteiger partial charge is 0.308 e. The topological polar surface area (TPSA) is 43.4 Å². The number of esters is 1. The number of hydrogen-bond donors (Lipinski definition) is 0. The van der Waals surface area contributed by atoms with Crippen LogP contribution >= 0.6 is 11.6 Å². The highest BCUT2D eigenvalue weighted by molar-refractivity contribution is 6.30. The van der Waals surface area contributed by atoms with Crippen molar-refractivity contribution in [2.45, 2.75) is 6.92 Å². The summed E-state index contributed by atoms with van der Waals surface area (Å²) in [4.78, 5) is 21.7. The predicted molar refractivity (Wildman–Crippen MR) is 52.8 cm³/mol. The molecule has 0 aliphatic heterocycles. The summed E-state index contributed by atoms with van der Waals surface area (Å²) < 4.78 is 4.80. The summed E-state index contributed by atoms with van der Waals surface area (Å²) in [5.41, 5.74) is 0.510. The van der Waals surface area contributed by atoms with Crippen LogP contribution < -0.4 is 4.74 Å². The van der Waals surface area contributed by atoms with Gasteiger partial charge in [0, 0.05) is 12.5 Å². The summed E-state index contributed by atoms with van der Waals surface area (Å²) in [6.45, 7) is 1.32. The molecule has 4 heteroatoms. The molecule has 0 N–H and O–H groups in total. The van der Waals surface area contributed by atoms with Crippen LogP contribution in [-0.4, -0.2) is 17.6 Å². The van der Waals surface area contributed by atoms with Crippen LogP contribution in [0, 0.1) is 0 Å². The van der Waals surface area contributed by atoms with Gasteiger partial charge in [-0.3, -0.25) is 9.59 Å². The van der Waals surface area contributed by atoms with Crippen molar-refractivity contribution in [3.63, 3.8) is 0 Å². The molecular weight excluding hydrogens is 204 g/mol. The lowest BCUT2D eigenvalue weighted by Gasteiger charge is -2.01. The summed E-state index contributed by atoms with van der Waals surface area (Å²) in [5.74, 6) is -0.168. The van der Waals surface area contributed by atoms with E-state index in [1.807, 2.05) is 0 Å². The Hall–Kier alpha value is -1.35. The van der Waals surface area contributed by atoms with Crippen LogP contribution in [0.4, 0.5) is 0 Å². The molecule has 74 valence electrons. The van der Waals surface area contributed by atoms with Gasteiger partial charge in [0.25, 0.3) is 0 Å². The Bertz CT molecular complexity index is 343. The molecule has 0 atom stereocenters. The quantitative estimate of drug-likeness (QED) is 0.333. The SMILES string of the molecule is CC(=O)Oc1ccc(C(=O)CCl)cc1. The summed E-state index contributed by atoms with van der Waals surface area (Å²) in [5, 5.41) is 0. The number of benzene rings is 1. The number of hydrogen-bond acceptors (Lipinski definition) is 3. The zero-order chi connectivity index (χ0) is 10.6. The molecule has 0 aliphatic rings. The largest absolute Gasteiger partial charge is 0.427 e. The van der Waals surface area contributed by atoms with E-state index in [0.717, 1.165) is 0 Å². The third kappa shape index (κ3) is 2.85. The van der Waals surface area contributed by atoms with Gasteiger partial charge in [0.1, 0.15) is 5.75 Å². The van der Waals surface area contributed by atoms with Crippen molar-refractivity contribution in [2.24, 2.45) is 0 Å². The molecule has 0 heterocycles. The molecule has 0 amide bonds. The fraction of sp³-hybridized carbons (Fsp3) is 0.200. The van der Waals surface area contributed by atoms with E-state index in [-0.39, 0.29) is 17.6 Å². The van der Waals surface area contributed by atoms with E-state index in [0.29, 0.717) is 11.3 Å². The van der Waals surface area contributed by atoms with Crippen LogP contribution in [0.25, 0.3) is 0 Å². The average molecular weight is 213 g/mol. The monoisotopic (exact) mass is 212 g/mol. The van der Waals surface area contributed by atoms with E-state index < -0.39 is 0 Å². The summed E-state index contributed by atoms with van der Waals surface area (Å²) in [7, 11) is 0. The van der Waals surface area contributed by atoms with E-state index in [4.69, 9.17) is 16.3 Å². The number of carbonyl (C=O) groups is 2. The van der Waals surface area contributed by atoms with Crippen LogP contribution in [0.15, 0.2) is 24.3 Å². The molecule has 0 saturated carbocycles. The lowest BCUT2D eigenvalue weighted by molar-refractivity contribution is -0.131. The van der Waals surface area contributed by atoms with Crippen molar-refractivity contribution in [1.82, 2.24) is 0 Å². The maximum atomic E-state index is 11.1. The van der Waals surface area contributed by atoms with Crippen molar-refractivity contribution >= 4 is 23.4 Å². The lowest BCUT2D eigenvalue weighted by atomic mass is 10.1. The first kappa shape index (κ1) is 10.7. The second-order valence-electron chi connectivity index (χ2n) is 2.67. The van der Waals surface area contributed by atoms with Gasteiger partial charge in [-0.25, -0.2) is 0 Å².